The van der Waals surface area contributed by atoms with Crippen molar-refractivity contribution in [1.29, 1.82) is 0 Å². The minimum atomic E-state index is -3.98. The van der Waals surface area contributed by atoms with E-state index < -0.39 is 15.4 Å². The molecule has 9 heavy (non-hydrogen) atoms. The van der Waals surface area contributed by atoms with E-state index in [1.165, 1.54) is 6.92 Å². The van der Waals surface area contributed by atoms with Crippen molar-refractivity contribution >= 4 is 10.1 Å². The van der Waals surface area contributed by atoms with E-state index in [2.05, 4.69) is 18.8 Å². The molecule has 0 saturated heterocycles. The zero-order valence-corrected chi connectivity index (χ0v) is 5.77. The van der Waals surface area contributed by atoms with E-state index in [0.29, 0.717) is 0 Å². The number of hydrogen-bond donors (Lipinski definition) is 1. The molecule has 1 atom stereocenters. The van der Waals surface area contributed by atoms with Gasteiger partial charge in [0.2, 0.25) is 0 Å². The third-order valence-corrected chi connectivity index (χ3v) is 1.76. The first kappa shape index (κ1) is 8.47. The normalized spacial score (nSPS) is 13.7. The molecule has 51 valence electrons. The molecule has 1 unspecified atom stereocenters. The van der Waals surface area contributed by atoms with Crippen molar-refractivity contribution in [2.75, 3.05) is 0 Å². The molecule has 0 aliphatic carbocycles. The van der Waals surface area contributed by atoms with Gasteiger partial charge >= 0.3 is 0 Å². The van der Waals surface area contributed by atoms with E-state index in [9.17, 15) is 8.42 Å². The summed E-state index contributed by atoms with van der Waals surface area (Å²) in [5.41, 5.74) is 0. The Morgan fingerprint density at radius 1 is 1.67 bits per heavy atom. The summed E-state index contributed by atoms with van der Waals surface area (Å²) in [6.45, 7) is 4.39. The molecule has 4 heteroatoms. The van der Waals surface area contributed by atoms with E-state index >= 15 is 0 Å². The van der Waals surface area contributed by atoms with Crippen molar-refractivity contribution in [3.63, 3.8) is 0 Å². The van der Waals surface area contributed by atoms with Crippen molar-refractivity contribution in [3.05, 3.63) is 6.92 Å². The molecule has 0 bridgehead atoms. The van der Waals surface area contributed by atoms with Crippen LogP contribution >= 0.6 is 0 Å². The van der Waals surface area contributed by atoms with Crippen LogP contribution in [0.25, 0.3) is 0 Å². The lowest BCUT2D eigenvalue weighted by atomic mass is 10.5. The fourth-order valence-corrected chi connectivity index (χ4v) is 0.450. The fraction of sp³-hybridized carbons (Fsp3) is 0.400. The maximum Gasteiger partial charge on any atom is 0.278 e. The summed E-state index contributed by atoms with van der Waals surface area (Å²) in [6, 6.07) is 0. The zero-order valence-electron chi connectivity index (χ0n) is 4.96. The molecule has 3 nitrogen and oxygen atoms in total. The van der Waals surface area contributed by atoms with Crippen LogP contribution in [-0.2, 0) is 10.1 Å². The van der Waals surface area contributed by atoms with Crippen LogP contribution in [0.3, 0.4) is 0 Å². The molecule has 0 amide bonds. The van der Waals surface area contributed by atoms with Crippen molar-refractivity contribution < 1.29 is 13.0 Å². The van der Waals surface area contributed by atoms with Crippen LogP contribution in [0.15, 0.2) is 0 Å². The van der Waals surface area contributed by atoms with Crippen LogP contribution in [0.4, 0.5) is 0 Å². The van der Waals surface area contributed by atoms with E-state index in [-0.39, 0.29) is 0 Å². The quantitative estimate of drug-likeness (QED) is 0.422. The van der Waals surface area contributed by atoms with Gasteiger partial charge in [-0.1, -0.05) is 5.92 Å². The first-order valence-corrected chi connectivity index (χ1v) is 3.72. The van der Waals surface area contributed by atoms with E-state index in [1.54, 1.807) is 0 Å². The van der Waals surface area contributed by atoms with Crippen molar-refractivity contribution in [2.45, 2.75) is 12.2 Å². The van der Waals surface area contributed by atoms with Gasteiger partial charge in [-0.25, -0.2) is 0 Å². The molecular formula is C5H7O3S. The summed E-state index contributed by atoms with van der Waals surface area (Å²) in [6.07, 6.45) is 0. The molecule has 0 aliphatic rings. The Morgan fingerprint density at radius 2 is 2.11 bits per heavy atom. The highest BCUT2D eigenvalue weighted by Gasteiger charge is 2.12. The predicted molar refractivity (Wildman–Crippen MR) is 34.1 cm³/mol. The summed E-state index contributed by atoms with van der Waals surface area (Å²) < 4.78 is 28.6. The summed E-state index contributed by atoms with van der Waals surface area (Å²) in [7, 11) is -3.98. The first-order chi connectivity index (χ1) is 3.98. The van der Waals surface area contributed by atoms with Gasteiger partial charge in [-0.05, 0) is 6.92 Å². The second-order valence-electron chi connectivity index (χ2n) is 1.48. The lowest BCUT2D eigenvalue weighted by Crippen LogP contribution is -2.13. The molecule has 0 spiro atoms. The van der Waals surface area contributed by atoms with Gasteiger partial charge in [0.05, 0.1) is 0 Å². The molecule has 0 aliphatic heterocycles. The number of hydrogen-bond acceptors (Lipinski definition) is 2. The second-order valence-corrected chi connectivity index (χ2v) is 3.22. The van der Waals surface area contributed by atoms with Gasteiger partial charge in [-0.2, -0.15) is 8.42 Å². The van der Waals surface area contributed by atoms with Gasteiger partial charge in [0.25, 0.3) is 10.1 Å². The molecule has 0 aromatic carbocycles. The lowest BCUT2D eigenvalue weighted by Gasteiger charge is -1.95. The standard InChI is InChI=1S/C5H7O3S/c1-3-4-5(2)9(6,7)8/h5H,1H2,2H3,(H,6,7,8). The zero-order chi connectivity index (χ0) is 7.49. The molecular weight excluding hydrogens is 140 g/mol. The maximum absolute atomic E-state index is 10.1. The highest BCUT2D eigenvalue weighted by Crippen LogP contribution is 1.93. The van der Waals surface area contributed by atoms with Crippen molar-refractivity contribution in [3.8, 4) is 11.8 Å². The smallest absolute Gasteiger partial charge is 0.278 e. The molecule has 0 saturated carbocycles. The van der Waals surface area contributed by atoms with Crippen LogP contribution < -0.4 is 0 Å². The van der Waals surface area contributed by atoms with Crippen LogP contribution in [0.2, 0.25) is 0 Å². The summed E-state index contributed by atoms with van der Waals surface area (Å²) in [5.74, 6) is 4.32. The molecule has 1 radical (unpaired) electrons. The second kappa shape index (κ2) is 2.85. The van der Waals surface area contributed by atoms with Gasteiger partial charge in [0.1, 0.15) is 5.25 Å². The average molecular weight is 147 g/mol. The van der Waals surface area contributed by atoms with Crippen LogP contribution in [0, 0.1) is 18.8 Å². The highest BCUT2D eigenvalue weighted by atomic mass is 32.2. The molecule has 0 aromatic rings. The Labute approximate surface area is 54.8 Å². The summed E-state index contributed by atoms with van der Waals surface area (Å²) >= 11 is 0. The molecule has 0 aromatic heterocycles. The maximum atomic E-state index is 10.1. The number of rotatable bonds is 1. The Hall–Kier alpha value is -0.530. The van der Waals surface area contributed by atoms with Crippen molar-refractivity contribution in [2.24, 2.45) is 0 Å². The van der Waals surface area contributed by atoms with Crippen molar-refractivity contribution in [1.82, 2.24) is 0 Å². The third-order valence-electron chi connectivity index (χ3n) is 0.752. The van der Waals surface area contributed by atoms with E-state index in [1.807, 2.05) is 0 Å². The molecule has 0 fully saturated rings. The molecule has 1 N–H and O–H groups in total. The van der Waals surface area contributed by atoms with E-state index in [0.717, 1.165) is 0 Å². The van der Waals surface area contributed by atoms with Gasteiger partial charge in [0.15, 0.2) is 0 Å². The minimum absolute atomic E-state index is 1.03. The van der Waals surface area contributed by atoms with Gasteiger partial charge in [0, 0.05) is 6.92 Å². The Bertz CT molecular complexity index is 229. The van der Waals surface area contributed by atoms with Gasteiger partial charge in [-0.15, -0.1) is 5.92 Å². The fourth-order valence-electron chi connectivity index (χ4n) is 0.218. The molecule has 0 rings (SSSR count). The largest absolute Gasteiger partial charge is 0.285 e. The Morgan fingerprint density at radius 3 is 2.22 bits per heavy atom. The van der Waals surface area contributed by atoms with Gasteiger partial charge < -0.3 is 0 Å². The first-order valence-electron chi connectivity index (χ1n) is 2.22. The monoisotopic (exact) mass is 147 g/mol. The van der Waals surface area contributed by atoms with E-state index in [4.69, 9.17) is 4.55 Å². The minimum Gasteiger partial charge on any atom is -0.285 e. The topological polar surface area (TPSA) is 54.4 Å². The van der Waals surface area contributed by atoms with Crippen LogP contribution in [0.1, 0.15) is 6.92 Å². The Balaban J connectivity index is 4.36. The highest BCUT2D eigenvalue weighted by molar-refractivity contribution is 7.86. The predicted octanol–water partition coefficient (Wildman–Crippen LogP) is 0.100. The summed E-state index contributed by atoms with van der Waals surface area (Å²) in [5, 5.41) is -1.03. The lowest BCUT2D eigenvalue weighted by molar-refractivity contribution is 0.478. The SMILES string of the molecule is [CH2]C#CC(C)S(=O)(=O)O. The average Bonchev–Trinajstić information content (AvgIpc) is 1.64. The molecule has 0 heterocycles. The van der Waals surface area contributed by atoms with Crippen LogP contribution in [-0.4, -0.2) is 18.2 Å². The van der Waals surface area contributed by atoms with Gasteiger partial charge in [-0.3, -0.25) is 4.55 Å². The third kappa shape index (κ3) is 3.12. The van der Waals surface area contributed by atoms with Crippen LogP contribution in [0.5, 0.6) is 0 Å². The summed E-state index contributed by atoms with van der Waals surface area (Å²) in [4.78, 5) is 0. The Kier molecular flexibility index (Phi) is 2.68.